The molecule has 0 aliphatic rings. The van der Waals surface area contributed by atoms with Gasteiger partial charge in [-0.05, 0) is 53.6 Å². The first kappa shape index (κ1) is 22.0. The molecule has 3 heteroatoms. The second kappa shape index (κ2) is 9.54. The van der Waals surface area contributed by atoms with Gasteiger partial charge in [-0.25, -0.2) is 0 Å². The SMILES string of the molecule is CCc1cccc(CC)c1-c1cc2c(/C=C/CO)cn(-c3ccc(C(C)C)cc3)c2cn1. The Balaban J connectivity index is 1.91. The Morgan fingerprint density at radius 3 is 2.28 bits per heavy atom. The van der Waals surface area contributed by atoms with E-state index in [9.17, 15) is 5.11 Å². The Labute approximate surface area is 191 Å². The van der Waals surface area contributed by atoms with Crippen LogP contribution in [0.4, 0.5) is 0 Å². The van der Waals surface area contributed by atoms with Crippen LogP contribution in [0.2, 0.25) is 0 Å². The topological polar surface area (TPSA) is 38.0 Å². The summed E-state index contributed by atoms with van der Waals surface area (Å²) in [6.45, 7) is 8.84. The van der Waals surface area contributed by atoms with Gasteiger partial charge in [-0.3, -0.25) is 4.98 Å². The average molecular weight is 425 g/mol. The third-order valence-electron chi connectivity index (χ3n) is 6.22. The van der Waals surface area contributed by atoms with Crippen LogP contribution in [0.1, 0.15) is 55.9 Å². The van der Waals surface area contributed by atoms with E-state index in [2.05, 4.69) is 87.0 Å². The molecule has 164 valence electrons. The van der Waals surface area contributed by atoms with Crippen molar-refractivity contribution in [2.24, 2.45) is 0 Å². The van der Waals surface area contributed by atoms with Crippen molar-refractivity contribution in [3.63, 3.8) is 0 Å². The summed E-state index contributed by atoms with van der Waals surface area (Å²) in [6.07, 6.45) is 9.87. The fourth-order valence-corrected chi connectivity index (χ4v) is 4.40. The van der Waals surface area contributed by atoms with Crippen LogP contribution in [0.5, 0.6) is 0 Å². The van der Waals surface area contributed by atoms with E-state index in [0.717, 1.165) is 40.7 Å². The van der Waals surface area contributed by atoms with Gasteiger partial charge in [-0.1, -0.05) is 70.2 Å². The van der Waals surface area contributed by atoms with E-state index in [1.165, 1.54) is 22.3 Å². The number of hydrogen-bond donors (Lipinski definition) is 1. The molecule has 0 saturated heterocycles. The van der Waals surface area contributed by atoms with Crippen molar-refractivity contribution in [3.8, 4) is 16.9 Å². The van der Waals surface area contributed by atoms with Gasteiger partial charge in [0, 0.05) is 28.4 Å². The van der Waals surface area contributed by atoms with Crippen LogP contribution in [0.15, 0.2) is 67.0 Å². The highest BCUT2D eigenvalue weighted by molar-refractivity contribution is 5.93. The molecule has 0 aliphatic heterocycles. The lowest BCUT2D eigenvalue weighted by Gasteiger charge is -2.13. The normalized spacial score (nSPS) is 11.8. The van der Waals surface area contributed by atoms with Crippen LogP contribution in [-0.2, 0) is 12.8 Å². The van der Waals surface area contributed by atoms with Crippen molar-refractivity contribution >= 4 is 17.0 Å². The van der Waals surface area contributed by atoms with E-state index in [1.807, 2.05) is 12.3 Å². The summed E-state index contributed by atoms with van der Waals surface area (Å²) in [5.41, 5.74) is 9.51. The number of aliphatic hydroxyl groups excluding tert-OH is 1. The monoisotopic (exact) mass is 424 g/mol. The van der Waals surface area contributed by atoms with Gasteiger partial charge < -0.3 is 9.67 Å². The molecule has 1 N–H and O–H groups in total. The van der Waals surface area contributed by atoms with E-state index in [0.29, 0.717) is 5.92 Å². The number of fused-ring (bicyclic) bond motifs is 1. The molecule has 0 radical (unpaired) electrons. The zero-order valence-corrected chi connectivity index (χ0v) is 19.5. The van der Waals surface area contributed by atoms with Crippen molar-refractivity contribution in [2.45, 2.75) is 46.5 Å². The minimum absolute atomic E-state index is 0.0202. The van der Waals surface area contributed by atoms with Gasteiger partial charge in [0.2, 0.25) is 0 Å². The first-order chi connectivity index (χ1) is 15.6. The maximum atomic E-state index is 9.37. The maximum absolute atomic E-state index is 9.37. The summed E-state index contributed by atoms with van der Waals surface area (Å²) in [6, 6.07) is 17.5. The van der Waals surface area contributed by atoms with Crippen molar-refractivity contribution < 1.29 is 5.11 Å². The van der Waals surface area contributed by atoms with Crippen molar-refractivity contribution in [1.29, 1.82) is 0 Å². The molecule has 0 bridgehead atoms. The molecular formula is C29H32N2O. The van der Waals surface area contributed by atoms with Crippen molar-refractivity contribution in [3.05, 3.63) is 89.3 Å². The number of aryl methyl sites for hydroxylation is 2. The standard InChI is InChI=1S/C29H32N2O/c1-5-21-9-7-10-22(6-2)29(21)27-17-26-24(11-8-16-32)19-31(28(26)18-30-27)25-14-12-23(13-15-25)20(3)4/h7-15,17-20,32H,5-6,16H2,1-4H3/b11-8+. The number of pyridine rings is 1. The molecule has 32 heavy (non-hydrogen) atoms. The predicted octanol–water partition coefficient (Wildman–Crippen LogP) is 6.95. The molecular weight excluding hydrogens is 392 g/mol. The molecule has 2 heterocycles. The Bertz CT molecular complexity index is 1220. The summed E-state index contributed by atoms with van der Waals surface area (Å²) in [5.74, 6) is 0.504. The van der Waals surface area contributed by atoms with Gasteiger partial charge in [0.1, 0.15) is 0 Å². The van der Waals surface area contributed by atoms with Gasteiger partial charge in [-0.2, -0.15) is 0 Å². The highest BCUT2D eigenvalue weighted by Gasteiger charge is 2.15. The van der Waals surface area contributed by atoms with Gasteiger partial charge in [-0.15, -0.1) is 0 Å². The summed E-state index contributed by atoms with van der Waals surface area (Å²) in [4.78, 5) is 4.93. The molecule has 4 rings (SSSR count). The molecule has 2 aromatic carbocycles. The Hall–Kier alpha value is -3.17. The summed E-state index contributed by atoms with van der Waals surface area (Å²) < 4.78 is 2.19. The predicted molar refractivity (Wildman–Crippen MR) is 135 cm³/mol. The lowest BCUT2D eigenvalue weighted by molar-refractivity contribution is 0.343. The molecule has 0 atom stereocenters. The Morgan fingerprint density at radius 2 is 1.69 bits per heavy atom. The second-order valence-corrected chi connectivity index (χ2v) is 8.53. The fraction of sp³-hybridized carbons (Fsp3) is 0.276. The summed E-state index contributed by atoms with van der Waals surface area (Å²) >= 11 is 0. The number of aromatic nitrogens is 2. The molecule has 0 saturated carbocycles. The van der Waals surface area contributed by atoms with E-state index in [-0.39, 0.29) is 6.61 Å². The highest BCUT2D eigenvalue weighted by Crippen LogP contribution is 2.33. The average Bonchev–Trinajstić information content (AvgIpc) is 3.19. The highest BCUT2D eigenvalue weighted by atomic mass is 16.2. The maximum Gasteiger partial charge on any atom is 0.0719 e. The van der Waals surface area contributed by atoms with Crippen LogP contribution >= 0.6 is 0 Å². The molecule has 0 unspecified atom stereocenters. The first-order valence-corrected chi connectivity index (χ1v) is 11.6. The van der Waals surface area contributed by atoms with Crippen molar-refractivity contribution in [2.75, 3.05) is 6.61 Å². The van der Waals surface area contributed by atoms with Crippen LogP contribution in [0, 0.1) is 0 Å². The zero-order valence-electron chi connectivity index (χ0n) is 19.5. The van der Waals surface area contributed by atoms with Crippen LogP contribution in [0.3, 0.4) is 0 Å². The van der Waals surface area contributed by atoms with E-state index in [4.69, 9.17) is 4.98 Å². The number of aliphatic hydroxyl groups is 1. The number of rotatable bonds is 7. The quantitative estimate of drug-likeness (QED) is 0.349. The van der Waals surface area contributed by atoms with Gasteiger partial charge in [0.25, 0.3) is 0 Å². The Kier molecular flexibility index (Phi) is 6.57. The smallest absolute Gasteiger partial charge is 0.0719 e. The molecule has 3 nitrogen and oxygen atoms in total. The third-order valence-corrected chi connectivity index (χ3v) is 6.22. The molecule has 0 fully saturated rings. The fourth-order valence-electron chi connectivity index (χ4n) is 4.40. The molecule has 0 aliphatic carbocycles. The van der Waals surface area contributed by atoms with Gasteiger partial charge in [0.15, 0.2) is 0 Å². The molecule has 0 spiro atoms. The third kappa shape index (κ3) is 4.13. The summed E-state index contributed by atoms with van der Waals surface area (Å²) in [5, 5.41) is 10.5. The van der Waals surface area contributed by atoms with Crippen LogP contribution < -0.4 is 0 Å². The lowest BCUT2D eigenvalue weighted by Crippen LogP contribution is -1.97. The Morgan fingerprint density at radius 1 is 1.00 bits per heavy atom. The van der Waals surface area contributed by atoms with Gasteiger partial charge >= 0.3 is 0 Å². The number of nitrogens with zero attached hydrogens (tertiary/aromatic N) is 2. The number of benzene rings is 2. The lowest BCUT2D eigenvalue weighted by atomic mass is 9.94. The zero-order chi connectivity index (χ0) is 22.7. The molecule has 2 aromatic heterocycles. The van der Waals surface area contributed by atoms with E-state index < -0.39 is 0 Å². The largest absolute Gasteiger partial charge is 0.392 e. The first-order valence-electron chi connectivity index (χ1n) is 11.6. The van der Waals surface area contributed by atoms with Crippen LogP contribution in [0.25, 0.3) is 33.9 Å². The second-order valence-electron chi connectivity index (χ2n) is 8.53. The minimum Gasteiger partial charge on any atom is -0.392 e. The molecule has 0 amide bonds. The minimum atomic E-state index is 0.0202. The van der Waals surface area contributed by atoms with E-state index in [1.54, 1.807) is 6.08 Å². The van der Waals surface area contributed by atoms with Gasteiger partial charge in [0.05, 0.1) is 24.0 Å². The van der Waals surface area contributed by atoms with Crippen LogP contribution in [-0.4, -0.2) is 21.3 Å². The van der Waals surface area contributed by atoms with Crippen molar-refractivity contribution in [1.82, 2.24) is 9.55 Å². The van der Waals surface area contributed by atoms with E-state index >= 15 is 0 Å². The molecule has 4 aromatic rings. The number of hydrogen-bond acceptors (Lipinski definition) is 2. The summed E-state index contributed by atoms with van der Waals surface area (Å²) in [7, 11) is 0.